The monoisotopic (exact) mass is 255 g/mol. The average Bonchev–Trinajstić information content (AvgIpc) is 3.19. The summed E-state index contributed by atoms with van der Waals surface area (Å²) in [4.78, 5) is 16.5. The molecule has 1 atom stereocenters. The molecular weight excluding hydrogens is 226 g/mol. The van der Waals surface area contributed by atoms with E-state index < -0.39 is 0 Å². The van der Waals surface area contributed by atoms with Crippen molar-refractivity contribution in [3.8, 4) is 0 Å². The third-order valence-electron chi connectivity index (χ3n) is 3.77. The Morgan fingerprint density at radius 1 is 1.28 bits per heavy atom. The molecule has 0 spiro atoms. The van der Waals surface area contributed by atoms with E-state index in [2.05, 4.69) is 11.8 Å². The second kappa shape index (κ2) is 7.74. The van der Waals surface area contributed by atoms with Gasteiger partial charge in [-0.15, -0.1) is 0 Å². The Balaban J connectivity index is 2.55. The van der Waals surface area contributed by atoms with E-state index in [1.54, 1.807) is 0 Å². The van der Waals surface area contributed by atoms with Gasteiger partial charge in [-0.3, -0.25) is 9.69 Å². The number of carbonyl (C=O) groups excluding carboxylic acids is 1. The van der Waals surface area contributed by atoms with E-state index in [-0.39, 0.29) is 11.9 Å². The van der Waals surface area contributed by atoms with E-state index in [1.807, 2.05) is 18.7 Å². The molecule has 0 heterocycles. The fourth-order valence-electron chi connectivity index (χ4n) is 2.57. The summed E-state index contributed by atoms with van der Waals surface area (Å²) in [5, 5.41) is 0. The zero-order valence-corrected chi connectivity index (χ0v) is 12.2. The first kappa shape index (κ1) is 15.4. The molecule has 0 aromatic rings. The quantitative estimate of drug-likeness (QED) is 0.678. The second-order valence-corrected chi connectivity index (χ2v) is 5.13. The molecule has 0 aliphatic heterocycles. The SMILES string of the molecule is CCCN(C1CC1)C(CN)CC(=O)N(CC)CC. The minimum atomic E-state index is 0.227. The third-order valence-corrected chi connectivity index (χ3v) is 3.77. The zero-order valence-electron chi connectivity index (χ0n) is 12.2. The first-order valence-electron chi connectivity index (χ1n) is 7.41. The highest BCUT2D eigenvalue weighted by molar-refractivity contribution is 5.76. The van der Waals surface area contributed by atoms with Crippen molar-refractivity contribution in [2.45, 2.75) is 58.5 Å². The van der Waals surface area contributed by atoms with Gasteiger partial charge < -0.3 is 10.6 Å². The summed E-state index contributed by atoms with van der Waals surface area (Å²) in [6.45, 7) is 9.50. The highest BCUT2D eigenvalue weighted by Crippen LogP contribution is 2.29. The molecule has 4 nitrogen and oxygen atoms in total. The zero-order chi connectivity index (χ0) is 13.5. The van der Waals surface area contributed by atoms with Crippen molar-refractivity contribution in [1.82, 2.24) is 9.80 Å². The number of amides is 1. The molecule has 1 aliphatic rings. The van der Waals surface area contributed by atoms with Crippen molar-refractivity contribution in [2.24, 2.45) is 5.73 Å². The van der Waals surface area contributed by atoms with Crippen LogP contribution in [0.3, 0.4) is 0 Å². The van der Waals surface area contributed by atoms with Gasteiger partial charge in [-0.25, -0.2) is 0 Å². The van der Waals surface area contributed by atoms with Crippen LogP contribution < -0.4 is 5.73 Å². The van der Waals surface area contributed by atoms with Crippen molar-refractivity contribution in [3.63, 3.8) is 0 Å². The molecule has 4 heteroatoms. The van der Waals surface area contributed by atoms with E-state index in [0.29, 0.717) is 19.0 Å². The molecule has 0 aromatic heterocycles. The summed E-state index contributed by atoms with van der Waals surface area (Å²) < 4.78 is 0. The molecule has 0 radical (unpaired) electrons. The Bertz CT molecular complexity index is 249. The van der Waals surface area contributed by atoms with Crippen LogP contribution in [0.15, 0.2) is 0 Å². The highest BCUT2D eigenvalue weighted by atomic mass is 16.2. The Morgan fingerprint density at radius 2 is 1.89 bits per heavy atom. The summed E-state index contributed by atoms with van der Waals surface area (Å²) in [5.41, 5.74) is 5.89. The fourth-order valence-corrected chi connectivity index (χ4v) is 2.57. The molecule has 1 rings (SSSR count). The van der Waals surface area contributed by atoms with Gasteiger partial charge in [0.2, 0.25) is 5.91 Å². The molecule has 1 amide bonds. The topological polar surface area (TPSA) is 49.6 Å². The van der Waals surface area contributed by atoms with E-state index in [4.69, 9.17) is 5.73 Å². The van der Waals surface area contributed by atoms with Gasteiger partial charge in [0.05, 0.1) is 0 Å². The number of rotatable bonds is 9. The van der Waals surface area contributed by atoms with Crippen LogP contribution in [0.5, 0.6) is 0 Å². The Morgan fingerprint density at radius 3 is 2.28 bits per heavy atom. The summed E-state index contributed by atoms with van der Waals surface area (Å²) in [5.74, 6) is 0.247. The van der Waals surface area contributed by atoms with E-state index in [0.717, 1.165) is 26.1 Å². The summed E-state index contributed by atoms with van der Waals surface area (Å²) in [6.07, 6.45) is 4.26. The van der Waals surface area contributed by atoms with Gasteiger partial charge in [-0.1, -0.05) is 6.92 Å². The summed E-state index contributed by atoms with van der Waals surface area (Å²) >= 11 is 0. The summed E-state index contributed by atoms with van der Waals surface area (Å²) in [6, 6.07) is 0.911. The first-order chi connectivity index (χ1) is 8.67. The minimum absolute atomic E-state index is 0.227. The van der Waals surface area contributed by atoms with Crippen LogP contribution in [0, 0.1) is 0 Å². The van der Waals surface area contributed by atoms with E-state index in [9.17, 15) is 4.79 Å². The molecule has 2 N–H and O–H groups in total. The van der Waals surface area contributed by atoms with Gasteiger partial charge >= 0.3 is 0 Å². The third kappa shape index (κ3) is 4.25. The van der Waals surface area contributed by atoms with Gasteiger partial charge in [0, 0.05) is 38.1 Å². The maximum Gasteiger partial charge on any atom is 0.224 e. The minimum Gasteiger partial charge on any atom is -0.343 e. The second-order valence-electron chi connectivity index (χ2n) is 5.13. The molecule has 0 bridgehead atoms. The Kier molecular flexibility index (Phi) is 6.65. The molecule has 0 aromatic carbocycles. The Labute approximate surface area is 111 Å². The number of carbonyl (C=O) groups is 1. The molecule has 1 aliphatic carbocycles. The van der Waals surface area contributed by atoms with Crippen molar-refractivity contribution in [2.75, 3.05) is 26.2 Å². The lowest BCUT2D eigenvalue weighted by molar-refractivity contribution is -0.132. The smallest absolute Gasteiger partial charge is 0.224 e. The van der Waals surface area contributed by atoms with Crippen LogP contribution in [-0.4, -0.2) is 54.0 Å². The lowest BCUT2D eigenvalue weighted by atomic mass is 10.1. The summed E-state index contributed by atoms with van der Waals surface area (Å²) in [7, 11) is 0. The molecule has 0 saturated heterocycles. The molecule has 1 unspecified atom stereocenters. The van der Waals surface area contributed by atoms with Gasteiger partial charge in [0.15, 0.2) is 0 Å². The van der Waals surface area contributed by atoms with E-state index >= 15 is 0 Å². The Hall–Kier alpha value is -0.610. The molecule has 18 heavy (non-hydrogen) atoms. The fraction of sp³-hybridized carbons (Fsp3) is 0.929. The van der Waals surface area contributed by atoms with Gasteiger partial charge in [0.1, 0.15) is 0 Å². The average molecular weight is 255 g/mol. The lowest BCUT2D eigenvalue weighted by Gasteiger charge is -2.32. The van der Waals surface area contributed by atoms with E-state index in [1.165, 1.54) is 12.8 Å². The maximum absolute atomic E-state index is 12.2. The van der Waals surface area contributed by atoms with Crippen molar-refractivity contribution < 1.29 is 4.79 Å². The molecular formula is C14H29N3O. The van der Waals surface area contributed by atoms with Crippen LogP contribution in [0.2, 0.25) is 0 Å². The van der Waals surface area contributed by atoms with Gasteiger partial charge in [-0.05, 0) is 39.7 Å². The van der Waals surface area contributed by atoms with Crippen molar-refractivity contribution >= 4 is 5.91 Å². The van der Waals surface area contributed by atoms with Crippen LogP contribution in [0.25, 0.3) is 0 Å². The largest absolute Gasteiger partial charge is 0.343 e. The van der Waals surface area contributed by atoms with Crippen LogP contribution in [-0.2, 0) is 4.79 Å². The van der Waals surface area contributed by atoms with Crippen LogP contribution >= 0.6 is 0 Å². The highest BCUT2D eigenvalue weighted by Gasteiger charge is 2.33. The predicted octanol–water partition coefficient (Wildman–Crippen LogP) is 1.45. The van der Waals surface area contributed by atoms with Gasteiger partial charge in [-0.2, -0.15) is 0 Å². The first-order valence-corrected chi connectivity index (χ1v) is 7.41. The van der Waals surface area contributed by atoms with Gasteiger partial charge in [0.25, 0.3) is 0 Å². The number of hydrogen-bond acceptors (Lipinski definition) is 3. The standard InChI is InChI=1S/C14H29N3O/c1-4-9-17(12-7-8-12)13(11-15)10-14(18)16(5-2)6-3/h12-13H,4-11,15H2,1-3H3. The lowest BCUT2D eigenvalue weighted by Crippen LogP contribution is -2.46. The normalized spacial score (nSPS) is 16.9. The molecule has 1 fully saturated rings. The van der Waals surface area contributed by atoms with Crippen LogP contribution in [0.4, 0.5) is 0 Å². The number of nitrogens with two attached hydrogens (primary N) is 1. The van der Waals surface area contributed by atoms with Crippen molar-refractivity contribution in [3.05, 3.63) is 0 Å². The molecule has 106 valence electrons. The predicted molar refractivity (Wildman–Crippen MR) is 75.4 cm³/mol. The number of hydrogen-bond donors (Lipinski definition) is 1. The number of nitrogens with zero attached hydrogens (tertiary/aromatic N) is 2. The molecule has 1 saturated carbocycles. The van der Waals surface area contributed by atoms with Crippen molar-refractivity contribution in [1.29, 1.82) is 0 Å². The van der Waals surface area contributed by atoms with Crippen LogP contribution in [0.1, 0.15) is 46.5 Å². The maximum atomic E-state index is 12.2.